The lowest BCUT2D eigenvalue weighted by atomic mass is 9.83. The summed E-state index contributed by atoms with van der Waals surface area (Å²) in [4.78, 5) is 28.0. The number of fused-ring (bicyclic) bond motifs is 1. The highest BCUT2D eigenvalue weighted by molar-refractivity contribution is 6.02. The van der Waals surface area contributed by atoms with Crippen molar-refractivity contribution in [2.45, 2.75) is 32.0 Å². The van der Waals surface area contributed by atoms with E-state index in [-0.39, 0.29) is 23.9 Å². The number of hydrogen-bond acceptors (Lipinski definition) is 8. The number of ether oxygens (including phenoxy) is 4. The van der Waals surface area contributed by atoms with E-state index in [1.165, 1.54) is 0 Å². The molecule has 2 saturated heterocycles. The van der Waals surface area contributed by atoms with Gasteiger partial charge >= 0.3 is 5.97 Å². The van der Waals surface area contributed by atoms with Crippen molar-refractivity contribution in [1.82, 2.24) is 10.9 Å². The Hall–Kier alpha value is -4.08. The lowest BCUT2D eigenvalue weighted by Gasteiger charge is -2.32. The van der Waals surface area contributed by atoms with E-state index in [9.17, 15) is 9.59 Å². The van der Waals surface area contributed by atoms with Gasteiger partial charge in [-0.3, -0.25) is 4.79 Å². The lowest BCUT2D eigenvalue weighted by molar-refractivity contribution is -0.119. The molecule has 3 aromatic carbocycles. The molecule has 2 heterocycles. The highest BCUT2D eigenvalue weighted by atomic mass is 16.5. The summed E-state index contributed by atoms with van der Waals surface area (Å²) in [5.41, 5.74) is 9.61. The highest BCUT2D eigenvalue weighted by Crippen LogP contribution is 2.51. The van der Waals surface area contributed by atoms with Crippen molar-refractivity contribution in [2.75, 3.05) is 32.3 Å². The summed E-state index contributed by atoms with van der Waals surface area (Å²) in [6, 6.07) is 19.5. The van der Waals surface area contributed by atoms with Crippen molar-refractivity contribution in [1.29, 1.82) is 0 Å². The SMILES string of the molecule is CCOC(=O)c1ccc(N2C(=O)C3NNC(c4ccc(OCC)cc4)C3C2c2ccc(OC)cc2OC)cc1. The number of rotatable bonds is 9. The first-order valence-corrected chi connectivity index (χ1v) is 13.1. The van der Waals surface area contributed by atoms with Gasteiger partial charge in [0.2, 0.25) is 5.91 Å². The number of anilines is 1. The molecule has 4 unspecified atom stereocenters. The van der Waals surface area contributed by atoms with E-state index < -0.39 is 12.0 Å². The molecule has 0 aliphatic carbocycles. The van der Waals surface area contributed by atoms with Crippen molar-refractivity contribution in [2.24, 2.45) is 5.92 Å². The van der Waals surface area contributed by atoms with Crippen LogP contribution in [-0.4, -0.2) is 45.4 Å². The summed E-state index contributed by atoms with van der Waals surface area (Å²) < 4.78 is 22.0. The number of hydrogen-bond donors (Lipinski definition) is 2. The van der Waals surface area contributed by atoms with Crippen LogP contribution in [0.15, 0.2) is 66.7 Å². The van der Waals surface area contributed by atoms with Crippen LogP contribution in [0.2, 0.25) is 0 Å². The van der Waals surface area contributed by atoms with E-state index in [4.69, 9.17) is 18.9 Å². The standard InChI is InChI=1S/C30H33N3O6/c1-5-38-21-13-9-18(10-14-21)26-25-27(32-31-26)29(34)33(20-11-7-19(8-12-20)30(35)39-6-2)28(25)23-16-15-22(36-3)17-24(23)37-4/h7-17,25-28,31-32H,5-6H2,1-4H3. The number of benzene rings is 3. The van der Waals surface area contributed by atoms with Gasteiger partial charge in [0.05, 0.1) is 45.1 Å². The zero-order chi connectivity index (χ0) is 27.5. The summed E-state index contributed by atoms with van der Waals surface area (Å²) >= 11 is 0. The normalized spacial score (nSPS) is 21.9. The Bertz CT molecular complexity index is 1330. The first kappa shape index (κ1) is 26.5. The molecule has 0 radical (unpaired) electrons. The third-order valence-electron chi connectivity index (χ3n) is 7.28. The molecular weight excluding hydrogens is 498 g/mol. The highest BCUT2D eigenvalue weighted by Gasteiger charge is 2.56. The number of amides is 1. The molecule has 2 fully saturated rings. The summed E-state index contributed by atoms with van der Waals surface area (Å²) in [5.74, 6) is 1.42. The van der Waals surface area contributed by atoms with E-state index in [2.05, 4.69) is 10.9 Å². The van der Waals surface area contributed by atoms with Gasteiger partial charge in [-0.15, -0.1) is 0 Å². The van der Waals surface area contributed by atoms with E-state index in [0.717, 1.165) is 16.9 Å². The summed E-state index contributed by atoms with van der Waals surface area (Å²) in [6.07, 6.45) is 0. The zero-order valence-corrected chi connectivity index (χ0v) is 22.5. The van der Waals surface area contributed by atoms with Gasteiger partial charge in [0.25, 0.3) is 0 Å². The molecule has 0 bridgehead atoms. The molecule has 2 N–H and O–H groups in total. The summed E-state index contributed by atoms with van der Waals surface area (Å²) in [6.45, 7) is 4.60. The fraction of sp³-hybridized carbons (Fsp3) is 0.333. The molecule has 9 nitrogen and oxygen atoms in total. The first-order chi connectivity index (χ1) is 19.0. The average molecular weight is 532 g/mol. The molecule has 1 amide bonds. The van der Waals surface area contributed by atoms with Gasteiger partial charge in [-0.25, -0.2) is 15.6 Å². The van der Waals surface area contributed by atoms with Crippen molar-refractivity contribution >= 4 is 17.6 Å². The molecule has 4 atom stereocenters. The van der Waals surface area contributed by atoms with Crippen LogP contribution in [-0.2, 0) is 9.53 Å². The predicted molar refractivity (Wildman–Crippen MR) is 146 cm³/mol. The Morgan fingerprint density at radius 1 is 0.846 bits per heavy atom. The van der Waals surface area contributed by atoms with E-state index >= 15 is 0 Å². The molecule has 39 heavy (non-hydrogen) atoms. The van der Waals surface area contributed by atoms with Crippen LogP contribution in [0.25, 0.3) is 0 Å². The Morgan fingerprint density at radius 2 is 1.54 bits per heavy atom. The summed E-state index contributed by atoms with van der Waals surface area (Å²) in [7, 11) is 3.22. The molecule has 5 rings (SSSR count). The Kier molecular flexibility index (Phi) is 7.72. The molecule has 2 aliphatic rings. The fourth-order valence-corrected chi connectivity index (χ4v) is 5.53. The van der Waals surface area contributed by atoms with Crippen LogP contribution in [0.1, 0.15) is 47.4 Å². The Labute approximate surface area is 228 Å². The number of methoxy groups -OCH3 is 2. The maximum Gasteiger partial charge on any atom is 0.338 e. The minimum Gasteiger partial charge on any atom is -0.497 e. The van der Waals surface area contributed by atoms with E-state index in [1.54, 1.807) is 50.3 Å². The lowest BCUT2D eigenvalue weighted by Crippen LogP contribution is -2.41. The minimum absolute atomic E-state index is 0.0762. The monoisotopic (exact) mass is 531 g/mol. The van der Waals surface area contributed by atoms with Crippen molar-refractivity contribution in [3.05, 3.63) is 83.4 Å². The molecule has 0 aromatic heterocycles. The number of nitrogens with one attached hydrogen (secondary N) is 2. The van der Waals surface area contributed by atoms with Crippen molar-refractivity contribution in [3.63, 3.8) is 0 Å². The minimum atomic E-state index is -0.483. The van der Waals surface area contributed by atoms with Gasteiger partial charge in [0, 0.05) is 23.2 Å². The molecule has 2 aliphatic heterocycles. The maximum absolute atomic E-state index is 14.0. The van der Waals surface area contributed by atoms with Gasteiger partial charge in [-0.2, -0.15) is 0 Å². The van der Waals surface area contributed by atoms with Gasteiger partial charge in [0.15, 0.2) is 0 Å². The van der Waals surface area contributed by atoms with Crippen LogP contribution >= 0.6 is 0 Å². The van der Waals surface area contributed by atoms with Crippen LogP contribution < -0.4 is 30.0 Å². The quantitative estimate of drug-likeness (QED) is 0.397. The van der Waals surface area contributed by atoms with E-state index in [1.807, 2.05) is 49.4 Å². The molecule has 0 saturated carbocycles. The number of carbonyl (C=O) groups is 2. The van der Waals surface area contributed by atoms with Crippen LogP contribution in [0, 0.1) is 5.92 Å². The smallest absolute Gasteiger partial charge is 0.338 e. The number of nitrogens with zero attached hydrogens (tertiary/aromatic N) is 1. The maximum atomic E-state index is 14.0. The van der Waals surface area contributed by atoms with Crippen LogP contribution in [0.4, 0.5) is 5.69 Å². The number of hydrazine groups is 1. The molecule has 204 valence electrons. The van der Waals surface area contributed by atoms with Crippen LogP contribution in [0.5, 0.6) is 17.2 Å². The second kappa shape index (κ2) is 11.3. The third-order valence-corrected chi connectivity index (χ3v) is 7.28. The van der Waals surface area contributed by atoms with Gasteiger partial charge in [0.1, 0.15) is 23.3 Å². The van der Waals surface area contributed by atoms with Crippen LogP contribution in [0.3, 0.4) is 0 Å². The second-order valence-corrected chi connectivity index (χ2v) is 9.35. The Balaban J connectivity index is 1.58. The average Bonchev–Trinajstić information content (AvgIpc) is 3.52. The molecule has 0 spiro atoms. The number of carbonyl (C=O) groups excluding carboxylic acids is 2. The predicted octanol–water partition coefficient (Wildman–Crippen LogP) is 4.20. The van der Waals surface area contributed by atoms with Gasteiger partial charge in [-0.05, 0) is 67.9 Å². The Morgan fingerprint density at radius 3 is 2.18 bits per heavy atom. The first-order valence-electron chi connectivity index (χ1n) is 13.1. The molecular formula is C30H33N3O6. The second-order valence-electron chi connectivity index (χ2n) is 9.35. The molecule has 9 heteroatoms. The largest absolute Gasteiger partial charge is 0.497 e. The molecule has 3 aromatic rings. The topological polar surface area (TPSA) is 98.4 Å². The fourth-order valence-electron chi connectivity index (χ4n) is 5.53. The van der Waals surface area contributed by atoms with E-state index in [0.29, 0.717) is 36.0 Å². The zero-order valence-electron chi connectivity index (χ0n) is 22.5. The third kappa shape index (κ3) is 4.91. The summed E-state index contributed by atoms with van der Waals surface area (Å²) in [5, 5.41) is 0. The number of esters is 1. The van der Waals surface area contributed by atoms with Crippen molar-refractivity contribution < 1.29 is 28.5 Å². The van der Waals surface area contributed by atoms with Crippen molar-refractivity contribution in [3.8, 4) is 17.2 Å². The van der Waals surface area contributed by atoms with Gasteiger partial charge in [-0.1, -0.05) is 12.1 Å². The van der Waals surface area contributed by atoms with Gasteiger partial charge < -0.3 is 23.8 Å².